The molecule has 5 rings (SSSR count). The third-order valence-corrected chi connectivity index (χ3v) is 6.99. The van der Waals surface area contributed by atoms with Crippen molar-refractivity contribution < 1.29 is 23.7 Å². The highest BCUT2D eigenvalue weighted by atomic mass is 16.7. The van der Waals surface area contributed by atoms with Crippen LogP contribution in [0.5, 0.6) is 5.75 Å². The fourth-order valence-corrected chi connectivity index (χ4v) is 5.10. The van der Waals surface area contributed by atoms with Gasteiger partial charge in [-0.3, -0.25) is 9.78 Å². The zero-order valence-corrected chi connectivity index (χ0v) is 18.8. The second-order valence-corrected chi connectivity index (χ2v) is 8.73. The van der Waals surface area contributed by atoms with E-state index in [9.17, 15) is 4.79 Å². The average Bonchev–Trinajstić information content (AvgIpc) is 3.31. The number of piperidine rings is 2. The summed E-state index contributed by atoms with van der Waals surface area (Å²) in [5, 5.41) is 0.936. The molecule has 172 valence electrons. The fraction of sp³-hybridized carbons (Fsp3) is 0.583. The first-order valence-electron chi connectivity index (χ1n) is 11.4. The number of anilines is 1. The van der Waals surface area contributed by atoms with Gasteiger partial charge in [-0.05, 0) is 31.0 Å². The van der Waals surface area contributed by atoms with E-state index in [1.807, 2.05) is 23.1 Å². The van der Waals surface area contributed by atoms with Crippen molar-refractivity contribution in [1.82, 2.24) is 9.88 Å². The van der Waals surface area contributed by atoms with Crippen LogP contribution in [0.1, 0.15) is 36.0 Å². The van der Waals surface area contributed by atoms with E-state index in [1.54, 1.807) is 20.4 Å². The molecular formula is C24H31N3O5. The number of amides is 1. The fourth-order valence-electron chi connectivity index (χ4n) is 5.10. The third-order valence-electron chi connectivity index (χ3n) is 6.99. The molecule has 3 aliphatic heterocycles. The van der Waals surface area contributed by atoms with E-state index >= 15 is 0 Å². The first-order chi connectivity index (χ1) is 15.6. The van der Waals surface area contributed by atoms with Crippen LogP contribution in [0, 0.1) is 0 Å². The number of carbonyl (C=O) groups is 1. The molecule has 3 aliphatic rings. The Bertz CT molecular complexity index is 973. The van der Waals surface area contributed by atoms with Crippen LogP contribution in [0.4, 0.5) is 5.69 Å². The lowest BCUT2D eigenvalue weighted by Gasteiger charge is -2.40. The van der Waals surface area contributed by atoms with E-state index in [0.717, 1.165) is 61.1 Å². The molecule has 1 spiro atoms. The summed E-state index contributed by atoms with van der Waals surface area (Å²) in [4.78, 5) is 22.5. The van der Waals surface area contributed by atoms with E-state index in [-0.39, 0.29) is 12.0 Å². The maximum atomic E-state index is 13.6. The normalized spacial score (nSPS) is 21.4. The van der Waals surface area contributed by atoms with Crippen molar-refractivity contribution in [2.24, 2.45) is 0 Å². The molecule has 4 heterocycles. The topological polar surface area (TPSA) is 73.4 Å². The van der Waals surface area contributed by atoms with Gasteiger partial charge in [-0.15, -0.1) is 0 Å². The second kappa shape index (κ2) is 8.84. The van der Waals surface area contributed by atoms with Crippen LogP contribution < -0.4 is 9.64 Å². The Balaban J connectivity index is 1.50. The summed E-state index contributed by atoms with van der Waals surface area (Å²) in [7, 11) is 3.39. The number of likely N-dealkylation sites (tertiary alicyclic amines) is 1. The third kappa shape index (κ3) is 3.91. The lowest BCUT2D eigenvalue weighted by atomic mass is 9.99. The van der Waals surface area contributed by atoms with Crippen molar-refractivity contribution in [3.63, 3.8) is 0 Å². The minimum atomic E-state index is -0.469. The molecule has 1 aromatic heterocycles. The van der Waals surface area contributed by atoms with Gasteiger partial charge in [0, 0.05) is 57.7 Å². The molecule has 1 amide bonds. The van der Waals surface area contributed by atoms with Gasteiger partial charge in [0.1, 0.15) is 5.75 Å². The standard InChI is InChI=1S/C24H31N3O5/c1-29-17-5-9-27(10-6-17)23(28)20-16-25-21-4-3-18(30-2)15-19(21)22(20)26-11-7-24(8-12-26)31-13-14-32-24/h3-4,15-17H,5-14H2,1-2H3. The maximum Gasteiger partial charge on any atom is 0.257 e. The largest absolute Gasteiger partial charge is 0.497 e. The van der Waals surface area contributed by atoms with Crippen LogP contribution in [0.15, 0.2) is 24.4 Å². The highest BCUT2D eigenvalue weighted by Gasteiger charge is 2.41. The number of carbonyl (C=O) groups excluding carboxylic acids is 1. The van der Waals surface area contributed by atoms with Crippen molar-refractivity contribution in [2.75, 3.05) is 58.5 Å². The number of hydrogen-bond donors (Lipinski definition) is 0. The number of aromatic nitrogens is 1. The Kier molecular flexibility index (Phi) is 5.92. The van der Waals surface area contributed by atoms with Gasteiger partial charge in [0.2, 0.25) is 0 Å². The van der Waals surface area contributed by atoms with Gasteiger partial charge in [0.25, 0.3) is 5.91 Å². The molecule has 0 atom stereocenters. The molecule has 0 unspecified atom stereocenters. The highest BCUT2D eigenvalue weighted by molar-refractivity contribution is 6.07. The molecular weight excluding hydrogens is 410 g/mol. The van der Waals surface area contributed by atoms with Gasteiger partial charge in [-0.1, -0.05) is 0 Å². The quantitative estimate of drug-likeness (QED) is 0.722. The molecule has 8 heteroatoms. The minimum Gasteiger partial charge on any atom is -0.497 e. The lowest BCUT2D eigenvalue weighted by molar-refractivity contribution is -0.169. The second-order valence-electron chi connectivity index (χ2n) is 8.73. The number of rotatable bonds is 4. The van der Waals surface area contributed by atoms with Crippen molar-refractivity contribution >= 4 is 22.5 Å². The molecule has 0 bridgehead atoms. The Morgan fingerprint density at radius 1 is 1.09 bits per heavy atom. The predicted molar refractivity (Wildman–Crippen MR) is 120 cm³/mol. The lowest BCUT2D eigenvalue weighted by Crippen LogP contribution is -2.46. The number of nitrogens with zero attached hydrogens (tertiary/aromatic N) is 3. The van der Waals surface area contributed by atoms with Crippen molar-refractivity contribution in [2.45, 2.75) is 37.6 Å². The molecule has 3 fully saturated rings. The van der Waals surface area contributed by atoms with Gasteiger partial charge in [0.05, 0.1) is 43.2 Å². The first-order valence-corrected chi connectivity index (χ1v) is 11.4. The number of benzene rings is 1. The summed E-state index contributed by atoms with van der Waals surface area (Å²) in [6.07, 6.45) is 5.21. The molecule has 2 aromatic rings. The van der Waals surface area contributed by atoms with E-state index < -0.39 is 5.79 Å². The van der Waals surface area contributed by atoms with E-state index in [4.69, 9.17) is 18.9 Å². The van der Waals surface area contributed by atoms with Crippen LogP contribution in [-0.4, -0.2) is 81.3 Å². The zero-order chi connectivity index (χ0) is 22.1. The van der Waals surface area contributed by atoms with Gasteiger partial charge >= 0.3 is 0 Å². The molecule has 0 radical (unpaired) electrons. The Labute approximate surface area is 188 Å². The Hall–Kier alpha value is -2.42. The molecule has 0 aliphatic carbocycles. The van der Waals surface area contributed by atoms with Crippen LogP contribution >= 0.6 is 0 Å². The zero-order valence-electron chi connectivity index (χ0n) is 18.8. The SMILES string of the molecule is COc1ccc2ncc(C(=O)N3CCC(OC)CC3)c(N3CCC4(CC3)OCCO4)c2c1. The van der Waals surface area contributed by atoms with E-state index in [1.165, 1.54) is 0 Å². The number of methoxy groups -OCH3 is 2. The van der Waals surface area contributed by atoms with E-state index in [0.29, 0.717) is 31.9 Å². The molecule has 32 heavy (non-hydrogen) atoms. The number of pyridine rings is 1. The monoisotopic (exact) mass is 441 g/mol. The smallest absolute Gasteiger partial charge is 0.257 e. The summed E-state index contributed by atoms with van der Waals surface area (Å²) in [5.41, 5.74) is 2.43. The molecule has 0 saturated carbocycles. The highest BCUT2D eigenvalue weighted by Crippen LogP contribution is 2.38. The Morgan fingerprint density at radius 2 is 1.81 bits per heavy atom. The van der Waals surface area contributed by atoms with Gasteiger partial charge in [-0.2, -0.15) is 0 Å². The number of fused-ring (bicyclic) bond motifs is 1. The Morgan fingerprint density at radius 3 is 2.47 bits per heavy atom. The summed E-state index contributed by atoms with van der Waals surface area (Å²) < 4.78 is 22.8. The van der Waals surface area contributed by atoms with Crippen LogP contribution in [-0.2, 0) is 14.2 Å². The molecule has 8 nitrogen and oxygen atoms in total. The number of ether oxygens (including phenoxy) is 4. The van der Waals surface area contributed by atoms with Gasteiger partial charge in [-0.25, -0.2) is 0 Å². The molecule has 1 aromatic carbocycles. The summed E-state index contributed by atoms with van der Waals surface area (Å²) >= 11 is 0. The van der Waals surface area contributed by atoms with Gasteiger partial charge < -0.3 is 28.7 Å². The van der Waals surface area contributed by atoms with Crippen LogP contribution in [0.25, 0.3) is 10.9 Å². The molecule has 3 saturated heterocycles. The maximum absolute atomic E-state index is 13.6. The van der Waals surface area contributed by atoms with Crippen LogP contribution in [0.2, 0.25) is 0 Å². The van der Waals surface area contributed by atoms with Gasteiger partial charge in [0.15, 0.2) is 5.79 Å². The van der Waals surface area contributed by atoms with Crippen LogP contribution in [0.3, 0.4) is 0 Å². The summed E-state index contributed by atoms with van der Waals surface area (Å²) in [6.45, 7) is 4.19. The first kappa shape index (κ1) is 21.4. The van der Waals surface area contributed by atoms with Crippen molar-refractivity contribution in [3.8, 4) is 5.75 Å². The summed E-state index contributed by atoms with van der Waals surface area (Å²) in [5.74, 6) is 0.311. The average molecular weight is 442 g/mol. The predicted octanol–water partition coefficient (Wildman–Crippen LogP) is 2.84. The summed E-state index contributed by atoms with van der Waals surface area (Å²) in [6, 6.07) is 5.84. The van der Waals surface area contributed by atoms with E-state index in [2.05, 4.69) is 9.88 Å². The molecule has 0 N–H and O–H groups in total. The number of hydrogen-bond acceptors (Lipinski definition) is 7. The minimum absolute atomic E-state index is 0.0282. The van der Waals surface area contributed by atoms with Crippen molar-refractivity contribution in [3.05, 3.63) is 30.0 Å². The van der Waals surface area contributed by atoms with Crippen molar-refractivity contribution in [1.29, 1.82) is 0 Å².